The standard InChI is InChI=1S/C34H53N9O12/c1-18(47)27-33(54)40-23(16-45)32(53)39-21(10-6-7-13-37-26(48)12-11-22(31(52)42-27)38-29(50)20(35)15-44)30(51)41-24(17-46)34(55)43(2)25(28(36)49)14-19-8-4-3-5-9-19/h3-5,8-9,18,20-25,27,44-47H,6-7,10-17,35H2,1-2H3,(H2,36,49)(H,37,48)(H,38,50)(H,39,53)(H,40,54)(H,41,51)(H,42,52). The highest BCUT2D eigenvalue weighted by molar-refractivity contribution is 5.97. The molecule has 8 atom stereocenters. The number of nitrogens with two attached hydrogens (primary N) is 2. The molecule has 1 aliphatic rings. The van der Waals surface area contributed by atoms with Crippen molar-refractivity contribution in [2.75, 3.05) is 33.4 Å². The molecule has 8 unspecified atom stereocenters. The fourth-order valence-corrected chi connectivity index (χ4v) is 5.47. The molecule has 1 saturated heterocycles. The van der Waals surface area contributed by atoms with Gasteiger partial charge in [-0.05, 0) is 38.2 Å². The fourth-order valence-electron chi connectivity index (χ4n) is 5.47. The second kappa shape index (κ2) is 22.9. The fraction of sp³-hybridized carbons (Fsp3) is 0.588. The molecule has 1 aromatic carbocycles. The predicted molar refractivity (Wildman–Crippen MR) is 193 cm³/mol. The van der Waals surface area contributed by atoms with E-state index in [1.165, 1.54) is 7.05 Å². The minimum Gasteiger partial charge on any atom is -0.394 e. The van der Waals surface area contributed by atoms with Gasteiger partial charge in [-0.1, -0.05) is 30.3 Å². The maximum atomic E-state index is 13.6. The molecule has 0 bridgehead atoms. The number of amides is 8. The molecule has 0 radical (unpaired) electrons. The SMILES string of the molecule is CC(O)C1NC(=O)C(NC(=O)C(N)CO)CCC(=O)NCCCCC(C(=O)NC(CO)C(=O)N(C)C(Cc2ccccc2)C(N)=O)NC(=O)C(CO)NC1=O. The molecule has 0 spiro atoms. The summed E-state index contributed by atoms with van der Waals surface area (Å²) in [6.07, 6.45) is -1.77. The van der Waals surface area contributed by atoms with Gasteiger partial charge >= 0.3 is 0 Å². The largest absolute Gasteiger partial charge is 0.394 e. The molecule has 0 aromatic heterocycles. The smallest absolute Gasteiger partial charge is 0.247 e. The average molecular weight is 780 g/mol. The number of hydrogen-bond acceptors (Lipinski definition) is 13. The predicted octanol–water partition coefficient (Wildman–Crippen LogP) is -6.27. The van der Waals surface area contributed by atoms with Crippen molar-refractivity contribution < 1.29 is 58.8 Å². The number of carbonyl (C=O) groups is 8. The summed E-state index contributed by atoms with van der Waals surface area (Å²) in [7, 11) is 1.28. The second-order valence-electron chi connectivity index (χ2n) is 13.1. The number of nitrogens with zero attached hydrogens (tertiary/aromatic N) is 1. The molecule has 2 rings (SSSR count). The number of nitrogens with one attached hydrogen (secondary N) is 6. The van der Waals surface area contributed by atoms with Crippen molar-refractivity contribution in [3.8, 4) is 0 Å². The number of aliphatic hydroxyl groups excluding tert-OH is 4. The Hall–Kier alpha value is -5.22. The maximum absolute atomic E-state index is 13.6. The van der Waals surface area contributed by atoms with E-state index in [0.717, 1.165) is 11.8 Å². The van der Waals surface area contributed by atoms with Gasteiger partial charge in [0, 0.05) is 26.4 Å². The van der Waals surface area contributed by atoms with Crippen LogP contribution in [0.25, 0.3) is 0 Å². The van der Waals surface area contributed by atoms with Crippen molar-refractivity contribution >= 4 is 47.3 Å². The summed E-state index contributed by atoms with van der Waals surface area (Å²) < 4.78 is 0. The lowest BCUT2D eigenvalue weighted by Crippen LogP contribution is -2.62. The van der Waals surface area contributed by atoms with E-state index in [4.69, 9.17) is 11.5 Å². The summed E-state index contributed by atoms with van der Waals surface area (Å²) in [4.78, 5) is 105. The van der Waals surface area contributed by atoms with Crippen LogP contribution in [0.1, 0.15) is 44.6 Å². The van der Waals surface area contributed by atoms with Crippen LogP contribution in [0.15, 0.2) is 30.3 Å². The molecule has 21 nitrogen and oxygen atoms in total. The number of hydrogen-bond donors (Lipinski definition) is 12. The second-order valence-corrected chi connectivity index (χ2v) is 13.1. The summed E-state index contributed by atoms with van der Waals surface area (Å²) in [5.41, 5.74) is 11.8. The zero-order valence-electron chi connectivity index (χ0n) is 30.7. The zero-order chi connectivity index (χ0) is 41.2. The Balaban J connectivity index is 2.31. The molecular formula is C34H53N9O12. The first-order valence-corrected chi connectivity index (χ1v) is 17.7. The third-order valence-electron chi connectivity index (χ3n) is 8.79. The lowest BCUT2D eigenvalue weighted by Gasteiger charge is -2.30. The number of primary amides is 1. The number of benzene rings is 1. The van der Waals surface area contributed by atoms with Crippen molar-refractivity contribution in [1.29, 1.82) is 0 Å². The molecule has 0 aliphatic carbocycles. The first kappa shape index (κ1) is 45.9. The van der Waals surface area contributed by atoms with Gasteiger partial charge in [0.1, 0.15) is 42.3 Å². The highest BCUT2D eigenvalue weighted by Crippen LogP contribution is 2.11. The Bertz CT molecular complexity index is 1500. The van der Waals surface area contributed by atoms with E-state index < -0.39 is 115 Å². The normalized spacial score (nSPS) is 22.7. The van der Waals surface area contributed by atoms with E-state index >= 15 is 0 Å². The maximum Gasteiger partial charge on any atom is 0.247 e. The minimum atomic E-state index is -1.76. The number of carbonyl (C=O) groups excluding carboxylic acids is 8. The van der Waals surface area contributed by atoms with Gasteiger partial charge in [-0.25, -0.2) is 0 Å². The summed E-state index contributed by atoms with van der Waals surface area (Å²) in [6.45, 7) is -1.45. The van der Waals surface area contributed by atoms with Gasteiger partial charge in [0.15, 0.2) is 0 Å². The molecule has 1 aromatic rings. The highest BCUT2D eigenvalue weighted by Gasteiger charge is 2.36. The van der Waals surface area contributed by atoms with Crippen LogP contribution >= 0.6 is 0 Å². The van der Waals surface area contributed by atoms with Gasteiger partial charge < -0.3 is 68.7 Å². The molecule has 1 heterocycles. The first-order valence-electron chi connectivity index (χ1n) is 17.7. The van der Waals surface area contributed by atoms with Gasteiger partial charge in [0.05, 0.1) is 25.9 Å². The molecule has 306 valence electrons. The third-order valence-corrected chi connectivity index (χ3v) is 8.79. The molecule has 1 fully saturated rings. The molecule has 55 heavy (non-hydrogen) atoms. The van der Waals surface area contributed by atoms with Crippen LogP contribution in [0.2, 0.25) is 0 Å². The summed E-state index contributed by atoms with van der Waals surface area (Å²) in [6, 6.07) is -1.80. The number of likely N-dealkylation sites (N-methyl/N-ethyl adjacent to an activating group) is 1. The van der Waals surface area contributed by atoms with Crippen molar-refractivity contribution in [2.24, 2.45) is 11.5 Å². The first-order chi connectivity index (χ1) is 26.0. The van der Waals surface area contributed by atoms with Gasteiger partial charge in [-0.2, -0.15) is 0 Å². The topological polar surface area (TPSA) is 345 Å². The van der Waals surface area contributed by atoms with Crippen LogP contribution in [-0.4, -0.2) is 154 Å². The third kappa shape index (κ3) is 14.5. The number of rotatable bonds is 13. The van der Waals surface area contributed by atoms with Crippen LogP contribution in [-0.2, 0) is 44.8 Å². The molecule has 14 N–H and O–H groups in total. The van der Waals surface area contributed by atoms with Crippen molar-refractivity contribution in [1.82, 2.24) is 36.8 Å². The van der Waals surface area contributed by atoms with Crippen molar-refractivity contribution in [2.45, 2.75) is 93.8 Å². The quantitative estimate of drug-likeness (QED) is 0.0888. The monoisotopic (exact) mass is 779 g/mol. The Labute approximate surface area is 317 Å². The van der Waals surface area contributed by atoms with E-state index in [1.54, 1.807) is 30.3 Å². The Morgan fingerprint density at radius 1 is 0.927 bits per heavy atom. The van der Waals surface area contributed by atoms with Crippen LogP contribution in [0.3, 0.4) is 0 Å². The van der Waals surface area contributed by atoms with E-state index in [2.05, 4.69) is 31.9 Å². The average Bonchev–Trinajstić information content (AvgIpc) is 3.16. The van der Waals surface area contributed by atoms with Crippen LogP contribution in [0.5, 0.6) is 0 Å². The van der Waals surface area contributed by atoms with Crippen molar-refractivity contribution in [3.63, 3.8) is 0 Å². The Morgan fingerprint density at radius 2 is 1.60 bits per heavy atom. The molecule has 21 heteroatoms. The van der Waals surface area contributed by atoms with Crippen LogP contribution < -0.4 is 43.4 Å². The van der Waals surface area contributed by atoms with Crippen LogP contribution in [0.4, 0.5) is 0 Å². The Kier molecular flexibility index (Phi) is 19.1. The van der Waals surface area contributed by atoms with Gasteiger partial charge in [0.25, 0.3) is 0 Å². The molecule has 8 amide bonds. The van der Waals surface area contributed by atoms with E-state index in [1.807, 2.05) is 0 Å². The van der Waals surface area contributed by atoms with Gasteiger partial charge in [-0.3, -0.25) is 38.4 Å². The van der Waals surface area contributed by atoms with Gasteiger partial charge in [0.2, 0.25) is 47.3 Å². The van der Waals surface area contributed by atoms with Crippen LogP contribution in [0, 0.1) is 0 Å². The molecule has 1 aliphatic heterocycles. The van der Waals surface area contributed by atoms with E-state index in [9.17, 15) is 58.8 Å². The summed E-state index contributed by atoms with van der Waals surface area (Å²) in [5.74, 6) is -7.36. The van der Waals surface area contributed by atoms with Crippen molar-refractivity contribution in [3.05, 3.63) is 35.9 Å². The Morgan fingerprint density at radius 3 is 2.18 bits per heavy atom. The lowest BCUT2D eigenvalue weighted by atomic mass is 10.0. The molecular weight excluding hydrogens is 726 g/mol. The lowest BCUT2D eigenvalue weighted by molar-refractivity contribution is -0.142. The zero-order valence-corrected chi connectivity index (χ0v) is 30.7. The highest BCUT2D eigenvalue weighted by atomic mass is 16.3. The minimum absolute atomic E-state index is 0.0457. The summed E-state index contributed by atoms with van der Waals surface area (Å²) in [5, 5.41) is 53.8. The molecule has 0 saturated carbocycles. The van der Waals surface area contributed by atoms with E-state index in [-0.39, 0.29) is 45.1 Å². The summed E-state index contributed by atoms with van der Waals surface area (Å²) >= 11 is 0. The number of aliphatic hydroxyl groups is 4. The van der Waals surface area contributed by atoms with E-state index in [0.29, 0.717) is 5.56 Å². The van der Waals surface area contributed by atoms with Gasteiger partial charge in [-0.15, -0.1) is 0 Å².